The molecule has 0 aliphatic heterocycles. The molecule has 0 aliphatic carbocycles. The molecule has 0 fully saturated rings. The third kappa shape index (κ3) is 4.06. The van der Waals surface area contributed by atoms with E-state index in [9.17, 15) is 4.79 Å². The van der Waals surface area contributed by atoms with Crippen LogP contribution in [-0.4, -0.2) is 22.9 Å². The van der Waals surface area contributed by atoms with Crippen LogP contribution in [0.4, 0.5) is 0 Å². The van der Waals surface area contributed by atoms with Crippen LogP contribution in [-0.2, 0) is 11.2 Å². The smallest absolute Gasteiger partial charge is 0.316 e. The Morgan fingerprint density at radius 2 is 2.27 bits per heavy atom. The predicted octanol–water partition coefficient (Wildman–Crippen LogP) is 1.64. The van der Waals surface area contributed by atoms with Gasteiger partial charge in [0.05, 0.1) is 12.8 Å². The highest BCUT2D eigenvalue weighted by Crippen LogP contribution is 2.07. The highest BCUT2D eigenvalue weighted by molar-refractivity contribution is 5.80. The Labute approximate surface area is 89.7 Å². The van der Waals surface area contributed by atoms with E-state index in [2.05, 4.69) is 9.97 Å². The topological polar surface area (TPSA) is 52.1 Å². The summed E-state index contributed by atoms with van der Waals surface area (Å²) in [6, 6.07) is 2.05. The van der Waals surface area contributed by atoms with Crippen molar-refractivity contribution in [3.8, 4) is 6.01 Å². The van der Waals surface area contributed by atoms with Crippen LogP contribution >= 0.6 is 0 Å². The number of carbonyl (C=O) groups is 1. The van der Waals surface area contributed by atoms with Gasteiger partial charge in [-0.15, -0.1) is 0 Å². The van der Waals surface area contributed by atoms with Crippen LogP contribution in [0.15, 0.2) is 12.3 Å². The van der Waals surface area contributed by atoms with Crippen molar-refractivity contribution >= 4 is 5.78 Å². The van der Waals surface area contributed by atoms with Crippen LogP contribution in [0.5, 0.6) is 6.01 Å². The number of hydrogen-bond acceptors (Lipinski definition) is 4. The van der Waals surface area contributed by atoms with E-state index in [1.165, 1.54) is 7.11 Å². The fourth-order valence-corrected chi connectivity index (χ4v) is 1.30. The Bertz CT molecular complexity index is 337. The zero-order valence-corrected chi connectivity index (χ0v) is 9.36. The van der Waals surface area contributed by atoms with E-state index in [0.717, 1.165) is 0 Å². The van der Waals surface area contributed by atoms with Gasteiger partial charge >= 0.3 is 6.01 Å². The van der Waals surface area contributed by atoms with Gasteiger partial charge in [-0.2, -0.15) is 4.98 Å². The lowest BCUT2D eigenvalue weighted by Gasteiger charge is -2.04. The molecule has 0 radical (unpaired) electrons. The normalized spacial score (nSPS) is 10.4. The summed E-state index contributed by atoms with van der Waals surface area (Å²) in [4.78, 5) is 19.5. The van der Waals surface area contributed by atoms with Crippen LogP contribution in [0.1, 0.15) is 26.0 Å². The van der Waals surface area contributed by atoms with Crippen LogP contribution < -0.4 is 4.74 Å². The molecule has 0 N–H and O–H groups in total. The average molecular weight is 208 g/mol. The first-order valence-corrected chi connectivity index (χ1v) is 4.99. The Kier molecular flexibility index (Phi) is 4.21. The minimum absolute atomic E-state index is 0.200. The average Bonchev–Trinajstić information content (AvgIpc) is 2.16. The molecule has 0 saturated carbocycles. The fourth-order valence-electron chi connectivity index (χ4n) is 1.30. The lowest BCUT2D eigenvalue weighted by molar-refractivity contribution is -0.119. The molecule has 0 amide bonds. The van der Waals surface area contributed by atoms with Gasteiger partial charge in [-0.25, -0.2) is 4.98 Å². The second-order valence-electron chi connectivity index (χ2n) is 3.85. The highest BCUT2D eigenvalue weighted by Gasteiger charge is 2.08. The number of ether oxygens (including phenoxy) is 1. The Hall–Kier alpha value is -1.45. The maximum Gasteiger partial charge on any atom is 0.316 e. The summed E-state index contributed by atoms with van der Waals surface area (Å²) in [5.41, 5.74) is 0.715. The van der Waals surface area contributed by atoms with Crippen molar-refractivity contribution in [2.45, 2.75) is 26.7 Å². The number of carbonyl (C=O) groups excluding carboxylic acids is 1. The van der Waals surface area contributed by atoms with E-state index in [0.29, 0.717) is 30.5 Å². The standard InChI is InChI=1S/C11H16N2O2/c1-8(2)6-10(14)7-9-4-5-12-11(13-9)15-3/h4-5,8H,6-7H2,1-3H3. The molecule has 1 heterocycles. The molecule has 1 aromatic heterocycles. The molecule has 15 heavy (non-hydrogen) atoms. The largest absolute Gasteiger partial charge is 0.467 e. The second kappa shape index (κ2) is 5.44. The van der Waals surface area contributed by atoms with Crippen molar-refractivity contribution < 1.29 is 9.53 Å². The highest BCUT2D eigenvalue weighted by atomic mass is 16.5. The van der Waals surface area contributed by atoms with Gasteiger partial charge in [0.25, 0.3) is 0 Å². The van der Waals surface area contributed by atoms with Crippen LogP contribution in [0.25, 0.3) is 0 Å². The molecule has 4 nitrogen and oxygen atoms in total. The SMILES string of the molecule is COc1nccc(CC(=O)CC(C)C)n1. The molecule has 4 heteroatoms. The fraction of sp³-hybridized carbons (Fsp3) is 0.545. The number of Topliss-reactive ketones (excluding diaryl/α,β-unsaturated/α-hetero) is 1. The molecule has 0 aromatic carbocycles. The lowest BCUT2D eigenvalue weighted by Crippen LogP contribution is -2.08. The van der Waals surface area contributed by atoms with Gasteiger partial charge in [-0.05, 0) is 12.0 Å². The summed E-state index contributed by atoms with van der Waals surface area (Å²) in [5, 5.41) is 0. The Balaban J connectivity index is 2.60. The van der Waals surface area contributed by atoms with Crippen molar-refractivity contribution in [2.75, 3.05) is 7.11 Å². The number of ketones is 1. The first-order valence-electron chi connectivity index (χ1n) is 4.99. The molecule has 0 bridgehead atoms. The summed E-state index contributed by atoms with van der Waals surface area (Å²) in [6.07, 6.45) is 2.55. The van der Waals surface area contributed by atoms with Crippen LogP contribution in [0, 0.1) is 5.92 Å². The number of nitrogens with zero attached hydrogens (tertiary/aromatic N) is 2. The molecule has 0 unspecified atom stereocenters. The van der Waals surface area contributed by atoms with Gasteiger partial charge in [0.2, 0.25) is 0 Å². The molecule has 1 rings (SSSR count). The zero-order chi connectivity index (χ0) is 11.3. The van der Waals surface area contributed by atoms with Gasteiger partial charge in [-0.1, -0.05) is 13.8 Å². The maximum absolute atomic E-state index is 11.5. The summed E-state index contributed by atoms with van der Waals surface area (Å²) >= 11 is 0. The van der Waals surface area contributed by atoms with E-state index in [1.54, 1.807) is 12.3 Å². The molecular formula is C11H16N2O2. The van der Waals surface area contributed by atoms with Crippen molar-refractivity contribution in [1.29, 1.82) is 0 Å². The quantitative estimate of drug-likeness (QED) is 0.738. The molecule has 1 aromatic rings. The molecular weight excluding hydrogens is 192 g/mol. The minimum Gasteiger partial charge on any atom is -0.467 e. The monoisotopic (exact) mass is 208 g/mol. The number of hydrogen-bond donors (Lipinski definition) is 0. The van der Waals surface area contributed by atoms with Gasteiger partial charge in [0.15, 0.2) is 0 Å². The predicted molar refractivity (Wildman–Crippen MR) is 56.8 cm³/mol. The van der Waals surface area contributed by atoms with Crippen molar-refractivity contribution in [3.05, 3.63) is 18.0 Å². The van der Waals surface area contributed by atoms with Crippen molar-refractivity contribution in [3.63, 3.8) is 0 Å². The van der Waals surface area contributed by atoms with Gasteiger partial charge in [-0.3, -0.25) is 4.79 Å². The lowest BCUT2D eigenvalue weighted by atomic mass is 10.0. The first kappa shape index (κ1) is 11.6. The van der Waals surface area contributed by atoms with E-state index in [4.69, 9.17) is 4.74 Å². The first-order chi connectivity index (χ1) is 7.11. The van der Waals surface area contributed by atoms with Crippen LogP contribution in [0.2, 0.25) is 0 Å². The van der Waals surface area contributed by atoms with Crippen molar-refractivity contribution in [1.82, 2.24) is 9.97 Å². The third-order valence-electron chi connectivity index (χ3n) is 1.89. The number of rotatable bonds is 5. The Morgan fingerprint density at radius 3 is 2.87 bits per heavy atom. The third-order valence-corrected chi connectivity index (χ3v) is 1.89. The Morgan fingerprint density at radius 1 is 1.53 bits per heavy atom. The van der Waals surface area contributed by atoms with Gasteiger partial charge in [0.1, 0.15) is 5.78 Å². The summed E-state index contributed by atoms with van der Waals surface area (Å²) < 4.78 is 4.88. The van der Waals surface area contributed by atoms with E-state index in [1.807, 2.05) is 13.8 Å². The second-order valence-corrected chi connectivity index (χ2v) is 3.85. The molecule has 0 aliphatic rings. The van der Waals surface area contributed by atoms with E-state index in [-0.39, 0.29) is 5.78 Å². The van der Waals surface area contributed by atoms with E-state index < -0.39 is 0 Å². The molecule has 0 saturated heterocycles. The van der Waals surface area contributed by atoms with E-state index >= 15 is 0 Å². The maximum atomic E-state index is 11.5. The van der Waals surface area contributed by atoms with Crippen molar-refractivity contribution in [2.24, 2.45) is 5.92 Å². The minimum atomic E-state index is 0.200. The molecule has 0 atom stereocenters. The summed E-state index contributed by atoms with van der Waals surface area (Å²) in [5.74, 6) is 0.590. The molecule has 0 spiro atoms. The van der Waals surface area contributed by atoms with Crippen LogP contribution in [0.3, 0.4) is 0 Å². The summed E-state index contributed by atoms with van der Waals surface area (Å²) in [6.45, 7) is 4.05. The molecule has 82 valence electrons. The van der Waals surface area contributed by atoms with Gasteiger partial charge < -0.3 is 4.74 Å². The summed E-state index contributed by atoms with van der Waals surface area (Å²) in [7, 11) is 1.51. The zero-order valence-electron chi connectivity index (χ0n) is 9.36. The van der Waals surface area contributed by atoms with Gasteiger partial charge in [0, 0.05) is 19.0 Å². The number of methoxy groups -OCH3 is 1. The number of aromatic nitrogens is 2.